The molecular formula is C46H86O6Si3. The Morgan fingerprint density at radius 3 is 2.09 bits per heavy atom. The Kier molecular flexibility index (Phi) is 19.1. The van der Waals surface area contributed by atoms with Crippen molar-refractivity contribution in [2.45, 2.75) is 212 Å². The average molecular weight is 819 g/mol. The van der Waals surface area contributed by atoms with Gasteiger partial charge in [-0.2, -0.15) is 0 Å². The molecule has 318 valence electrons. The molecule has 0 saturated heterocycles. The van der Waals surface area contributed by atoms with Crippen molar-refractivity contribution in [1.82, 2.24) is 0 Å². The van der Waals surface area contributed by atoms with Gasteiger partial charge >= 0.3 is 0 Å². The van der Waals surface area contributed by atoms with Crippen LogP contribution in [0.5, 0.6) is 0 Å². The number of aliphatic hydroxyl groups excluding tert-OH is 1. The molecule has 0 spiro atoms. The van der Waals surface area contributed by atoms with Crippen LogP contribution in [0.1, 0.15) is 121 Å². The van der Waals surface area contributed by atoms with Crippen LogP contribution in [0, 0.1) is 5.92 Å². The van der Waals surface area contributed by atoms with Gasteiger partial charge in [-0.25, -0.2) is 0 Å². The van der Waals surface area contributed by atoms with Gasteiger partial charge in [-0.05, 0) is 112 Å². The first-order chi connectivity index (χ1) is 25.0. The first-order valence-electron chi connectivity index (χ1n) is 21.3. The van der Waals surface area contributed by atoms with Gasteiger partial charge < -0.3 is 27.9 Å². The lowest BCUT2D eigenvalue weighted by Crippen LogP contribution is -2.46. The highest BCUT2D eigenvalue weighted by atomic mass is 28.4. The Balaban J connectivity index is 2.10. The number of aliphatic hydroxyl groups is 1. The van der Waals surface area contributed by atoms with Crippen molar-refractivity contribution >= 4 is 25.0 Å². The van der Waals surface area contributed by atoms with E-state index in [9.17, 15) is 5.11 Å². The van der Waals surface area contributed by atoms with E-state index < -0.39 is 37.2 Å². The second-order valence-electron chi connectivity index (χ2n) is 21.4. The first kappa shape index (κ1) is 50.3. The van der Waals surface area contributed by atoms with Crippen LogP contribution >= 0.6 is 0 Å². The van der Waals surface area contributed by atoms with Crippen LogP contribution < -0.4 is 0 Å². The molecule has 7 atom stereocenters. The molecule has 2 heterocycles. The predicted octanol–water partition coefficient (Wildman–Crippen LogP) is 12.9. The smallest absolute Gasteiger partial charge is 0.193 e. The highest BCUT2D eigenvalue weighted by Gasteiger charge is 2.41. The molecule has 0 radical (unpaired) electrons. The van der Waals surface area contributed by atoms with Gasteiger partial charge in [0.15, 0.2) is 25.0 Å². The second kappa shape index (κ2) is 20.9. The maximum Gasteiger partial charge on any atom is 0.193 e. The minimum Gasteiger partial charge on any atom is -0.417 e. The Bertz CT molecular complexity index is 1310. The van der Waals surface area contributed by atoms with E-state index in [1.54, 1.807) is 0 Å². The van der Waals surface area contributed by atoms with Gasteiger partial charge in [0.05, 0.1) is 43.2 Å². The standard InChI is InChI=1S/C46H86O6Si3/c1-35-27-29-48-39(32-35)25-26-43(52-55(17,18)46(10,11)12)42(47)24-20-23-41(51-54(15,16)45(7,8)9)34-37(3)31-36(2)33-40-22-19-21-38(50-40)28-30-49-53(13,14)44(4,5)6/h19-21,23,25-27,36,38-43,47H,3,22,24,28-34H2,1-2,4-18H3/b23-20+,26-25+/t36-,38-,39+,40-,41?,42-,43+/m0/s1. The summed E-state index contributed by atoms with van der Waals surface area (Å²) in [6.07, 6.45) is 20.1. The van der Waals surface area contributed by atoms with Crippen LogP contribution in [0.2, 0.25) is 54.4 Å². The Labute approximate surface area is 343 Å². The minimum atomic E-state index is -2.16. The zero-order valence-corrected chi connectivity index (χ0v) is 41.6. The molecule has 55 heavy (non-hydrogen) atoms. The normalized spacial score (nSPS) is 23.2. The van der Waals surface area contributed by atoms with Crippen molar-refractivity contribution in [3.8, 4) is 0 Å². The van der Waals surface area contributed by atoms with E-state index in [4.69, 9.17) is 22.8 Å². The molecule has 0 aromatic rings. The lowest BCUT2D eigenvalue weighted by Gasteiger charge is -2.40. The maximum atomic E-state index is 11.7. The molecule has 2 rings (SSSR count). The van der Waals surface area contributed by atoms with Gasteiger partial charge in [0.25, 0.3) is 0 Å². The Hall–Kier alpha value is -0.889. The van der Waals surface area contributed by atoms with E-state index in [1.807, 2.05) is 6.08 Å². The third-order valence-electron chi connectivity index (χ3n) is 13.0. The van der Waals surface area contributed by atoms with E-state index in [0.717, 1.165) is 45.1 Å². The minimum absolute atomic E-state index is 0.00332. The van der Waals surface area contributed by atoms with Crippen molar-refractivity contribution < 1.29 is 27.9 Å². The van der Waals surface area contributed by atoms with Gasteiger partial charge in [-0.15, -0.1) is 0 Å². The fourth-order valence-corrected chi connectivity index (χ4v) is 9.79. The largest absolute Gasteiger partial charge is 0.417 e. The third-order valence-corrected chi connectivity index (χ3v) is 26.5. The van der Waals surface area contributed by atoms with Crippen LogP contribution in [-0.2, 0) is 22.8 Å². The van der Waals surface area contributed by atoms with E-state index in [1.165, 1.54) is 11.1 Å². The SMILES string of the molecule is C=C(CC(/C=C/C[C@H](O)[C@@H](/C=C/[C@@H]1CC(C)=CCO1)O[Si](C)(C)C(C)(C)C)O[Si](C)(C)C(C)(C)C)C[C@H](C)C[C@@H]1CC=C[C@@H](CCO[Si](C)(C)C(C)(C)C)O1. The highest BCUT2D eigenvalue weighted by molar-refractivity contribution is 6.75. The summed E-state index contributed by atoms with van der Waals surface area (Å²) in [4.78, 5) is 0. The summed E-state index contributed by atoms with van der Waals surface area (Å²) in [5, 5.41) is 12.0. The molecule has 1 unspecified atom stereocenters. The Morgan fingerprint density at radius 2 is 1.51 bits per heavy atom. The summed E-state index contributed by atoms with van der Waals surface area (Å²) < 4.78 is 32.8. The lowest BCUT2D eigenvalue weighted by atomic mass is 9.91. The van der Waals surface area contributed by atoms with Gasteiger partial charge in [0.2, 0.25) is 0 Å². The van der Waals surface area contributed by atoms with Gasteiger partial charge in [0.1, 0.15) is 0 Å². The summed E-state index contributed by atoms with van der Waals surface area (Å²) in [5.41, 5.74) is 2.53. The zero-order valence-electron chi connectivity index (χ0n) is 38.6. The molecule has 2 aliphatic rings. The predicted molar refractivity (Wildman–Crippen MR) is 243 cm³/mol. The molecule has 0 aliphatic carbocycles. The topological polar surface area (TPSA) is 66.4 Å². The molecule has 9 heteroatoms. The molecular weight excluding hydrogens is 733 g/mol. The fraction of sp³-hybridized carbons (Fsp3) is 0.783. The van der Waals surface area contributed by atoms with Crippen molar-refractivity contribution in [1.29, 1.82) is 0 Å². The first-order valence-corrected chi connectivity index (χ1v) is 30.0. The molecule has 1 N–H and O–H groups in total. The quantitative estimate of drug-likeness (QED) is 0.0975. The highest BCUT2D eigenvalue weighted by Crippen LogP contribution is 2.40. The molecule has 0 bridgehead atoms. The van der Waals surface area contributed by atoms with Crippen molar-refractivity contribution in [2.75, 3.05) is 13.2 Å². The van der Waals surface area contributed by atoms with Crippen LogP contribution in [0.15, 0.2) is 60.3 Å². The second-order valence-corrected chi connectivity index (χ2v) is 35.7. The van der Waals surface area contributed by atoms with E-state index >= 15 is 0 Å². The third kappa shape index (κ3) is 17.1. The fourth-order valence-electron chi connectivity index (χ4n) is 6.19. The summed E-state index contributed by atoms with van der Waals surface area (Å²) in [7, 11) is -6.00. The summed E-state index contributed by atoms with van der Waals surface area (Å²) in [6.45, 7) is 44.6. The molecule has 0 aromatic carbocycles. The summed E-state index contributed by atoms with van der Waals surface area (Å²) in [6, 6.07) is 0. The molecule has 0 fully saturated rings. The van der Waals surface area contributed by atoms with Crippen LogP contribution in [-0.4, -0.2) is 79.9 Å². The van der Waals surface area contributed by atoms with Gasteiger partial charge in [-0.3, -0.25) is 0 Å². The van der Waals surface area contributed by atoms with E-state index in [0.29, 0.717) is 18.9 Å². The zero-order chi connectivity index (χ0) is 42.0. The summed E-state index contributed by atoms with van der Waals surface area (Å²) >= 11 is 0. The van der Waals surface area contributed by atoms with Crippen LogP contribution in [0.25, 0.3) is 0 Å². The molecule has 0 amide bonds. The monoisotopic (exact) mass is 819 g/mol. The van der Waals surface area contributed by atoms with Gasteiger partial charge in [0, 0.05) is 6.61 Å². The molecule has 0 aromatic heterocycles. The summed E-state index contributed by atoms with van der Waals surface area (Å²) in [5.74, 6) is 0.444. The van der Waals surface area contributed by atoms with E-state index in [2.05, 4.69) is 158 Å². The average Bonchev–Trinajstić information content (AvgIpc) is 3.01. The number of rotatable bonds is 20. The number of hydrogen-bond donors (Lipinski definition) is 1. The van der Waals surface area contributed by atoms with Crippen molar-refractivity contribution in [3.63, 3.8) is 0 Å². The maximum absolute atomic E-state index is 11.7. The molecule has 6 nitrogen and oxygen atoms in total. The van der Waals surface area contributed by atoms with Crippen LogP contribution in [0.4, 0.5) is 0 Å². The Morgan fingerprint density at radius 1 is 0.909 bits per heavy atom. The molecule has 2 aliphatic heterocycles. The molecule has 0 saturated carbocycles. The van der Waals surface area contributed by atoms with Gasteiger partial charge in [-0.1, -0.05) is 129 Å². The number of hydrogen-bond acceptors (Lipinski definition) is 6. The van der Waals surface area contributed by atoms with E-state index in [-0.39, 0.29) is 39.5 Å². The van der Waals surface area contributed by atoms with Crippen molar-refractivity contribution in [3.05, 3.63) is 60.3 Å². The van der Waals surface area contributed by atoms with Crippen molar-refractivity contribution in [2.24, 2.45) is 5.92 Å². The lowest BCUT2D eigenvalue weighted by molar-refractivity contribution is -0.0148. The number of ether oxygens (including phenoxy) is 2. The van der Waals surface area contributed by atoms with Crippen LogP contribution in [0.3, 0.4) is 0 Å².